The zero-order valence-corrected chi connectivity index (χ0v) is 13.7. The lowest BCUT2D eigenvalue weighted by atomic mass is 10.1. The molecule has 4 nitrogen and oxygen atoms in total. The fraction of sp³-hybridized carbons (Fsp3) is 0.167. The second kappa shape index (κ2) is 6.34. The van der Waals surface area contributed by atoms with E-state index >= 15 is 0 Å². The van der Waals surface area contributed by atoms with E-state index in [1.165, 1.54) is 0 Å². The summed E-state index contributed by atoms with van der Waals surface area (Å²) >= 11 is 6.04. The molecule has 0 unspecified atom stereocenters. The third kappa shape index (κ3) is 3.32. The Hall–Kier alpha value is -2.46. The minimum absolute atomic E-state index is 0.102. The fourth-order valence-corrected chi connectivity index (χ4v) is 2.76. The number of rotatable bonds is 4. The number of ether oxygens (including phenoxy) is 1. The number of aromatic amines is 1. The summed E-state index contributed by atoms with van der Waals surface area (Å²) in [6.45, 7) is 1.97. The predicted octanol–water partition coefficient (Wildman–Crippen LogP) is 4.32. The first-order chi connectivity index (χ1) is 11.1. The first-order valence-corrected chi connectivity index (χ1v) is 7.64. The van der Waals surface area contributed by atoms with Crippen LogP contribution >= 0.6 is 11.6 Å². The predicted molar refractivity (Wildman–Crippen MR) is 93.4 cm³/mol. The number of benzene rings is 2. The van der Waals surface area contributed by atoms with Crippen molar-refractivity contribution < 1.29 is 9.53 Å². The van der Waals surface area contributed by atoms with Crippen LogP contribution < -0.4 is 10.1 Å². The number of anilines is 1. The molecule has 3 aromatic rings. The van der Waals surface area contributed by atoms with Gasteiger partial charge in [0.15, 0.2) is 0 Å². The van der Waals surface area contributed by atoms with E-state index in [1.807, 2.05) is 49.5 Å². The summed E-state index contributed by atoms with van der Waals surface area (Å²) in [4.78, 5) is 15.5. The van der Waals surface area contributed by atoms with Crippen LogP contribution in [-0.2, 0) is 11.2 Å². The van der Waals surface area contributed by atoms with Crippen LogP contribution in [0.25, 0.3) is 10.9 Å². The molecule has 0 atom stereocenters. The summed E-state index contributed by atoms with van der Waals surface area (Å²) in [5.74, 6) is 0.542. The van der Waals surface area contributed by atoms with Gasteiger partial charge in [-0.15, -0.1) is 0 Å². The molecule has 1 amide bonds. The van der Waals surface area contributed by atoms with E-state index in [1.54, 1.807) is 7.11 Å². The van der Waals surface area contributed by atoms with Gasteiger partial charge in [0.2, 0.25) is 5.91 Å². The summed E-state index contributed by atoms with van der Waals surface area (Å²) < 4.78 is 5.28. The monoisotopic (exact) mass is 328 g/mol. The molecular weight excluding hydrogens is 312 g/mol. The van der Waals surface area contributed by atoms with E-state index in [2.05, 4.69) is 10.3 Å². The molecule has 23 heavy (non-hydrogen) atoms. The molecule has 0 aliphatic heterocycles. The minimum Gasteiger partial charge on any atom is -0.495 e. The molecule has 0 radical (unpaired) electrons. The van der Waals surface area contributed by atoms with Gasteiger partial charge in [-0.25, -0.2) is 0 Å². The number of methoxy groups -OCH3 is 1. The van der Waals surface area contributed by atoms with Crippen molar-refractivity contribution in [2.75, 3.05) is 12.4 Å². The van der Waals surface area contributed by atoms with Gasteiger partial charge in [0.05, 0.1) is 19.2 Å². The van der Waals surface area contributed by atoms with E-state index in [-0.39, 0.29) is 12.3 Å². The van der Waals surface area contributed by atoms with Crippen molar-refractivity contribution in [3.63, 3.8) is 0 Å². The van der Waals surface area contributed by atoms with Crippen molar-refractivity contribution in [3.8, 4) is 5.75 Å². The third-order valence-electron chi connectivity index (χ3n) is 3.71. The van der Waals surface area contributed by atoms with E-state index in [0.29, 0.717) is 16.5 Å². The Morgan fingerprint density at radius 2 is 2.09 bits per heavy atom. The summed E-state index contributed by atoms with van der Waals surface area (Å²) in [5.41, 5.74) is 3.60. The zero-order valence-electron chi connectivity index (χ0n) is 12.9. The first-order valence-electron chi connectivity index (χ1n) is 7.27. The molecule has 0 fully saturated rings. The molecule has 0 bridgehead atoms. The first kappa shape index (κ1) is 15.4. The molecule has 118 valence electrons. The number of halogens is 1. The Balaban J connectivity index is 1.81. The Morgan fingerprint density at radius 1 is 1.26 bits per heavy atom. The van der Waals surface area contributed by atoms with Gasteiger partial charge in [-0.05, 0) is 48.4 Å². The van der Waals surface area contributed by atoms with Crippen LogP contribution in [0.15, 0.2) is 42.6 Å². The number of H-pyrrole nitrogens is 1. The summed E-state index contributed by atoms with van der Waals surface area (Å²) in [5, 5.41) is 4.52. The maximum Gasteiger partial charge on any atom is 0.228 e. The van der Waals surface area contributed by atoms with Crippen molar-refractivity contribution in [2.24, 2.45) is 0 Å². The maximum atomic E-state index is 12.4. The lowest BCUT2D eigenvalue weighted by molar-refractivity contribution is -0.115. The molecular formula is C18H17ClN2O2. The van der Waals surface area contributed by atoms with Gasteiger partial charge in [-0.1, -0.05) is 17.7 Å². The highest BCUT2D eigenvalue weighted by atomic mass is 35.5. The Bertz CT molecular complexity index is 871. The number of hydrogen-bond acceptors (Lipinski definition) is 2. The number of fused-ring (bicyclic) bond motifs is 1. The van der Waals surface area contributed by atoms with E-state index < -0.39 is 0 Å². The van der Waals surface area contributed by atoms with E-state index in [0.717, 1.165) is 22.0 Å². The number of amides is 1. The second-order valence-corrected chi connectivity index (χ2v) is 5.87. The van der Waals surface area contributed by atoms with E-state index in [4.69, 9.17) is 16.3 Å². The van der Waals surface area contributed by atoms with Gasteiger partial charge in [0.1, 0.15) is 5.75 Å². The average Bonchev–Trinajstić information content (AvgIpc) is 2.90. The van der Waals surface area contributed by atoms with Crippen LogP contribution in [0.3, 0.4) is 0 Å². The topological polar surface area (TPSA) is 54.1 Å². The normalized spacial score (nSPS) is 10.7. The van der Waals surface area contributed by atoms with Crippen LogP contribution in [0.2, 0.25) is 5.02 Å². The molecule has 2 N–H and O–H groups in total. The Labute approximate surface area is 139 Å². The molecule has 3 rings (SSSR count). The van der Waals surface area contributed by atoms with Crippen molar-refractivity contribution in [1.29, 1.82) is 0 Å². The van der Waals surface area contributed by atoms with Crippen LogP contribution in [0, 0.1) is 6.92 Å². The van der Waals surface area contributed by atoms with Gasteiger partial charge in [-0.3, -0.25) is 4.79 Å². The molecule has 0 spiro atoms. The van der Waals surface area contributed by atoms with Gasteiger partial charge >= 0.3 is 0 Å². The molecule has 0 aliphatic carbocycles. The molecule has 1 aromatic heterocycles. The summed E-state index contributed by atoms with van der Waals surface area (Å²) in [6.07, 6.45) is 2.10. The van der Waals surface area contributed by atoms with Gasteiger partial charge in [0, 0.05) is 22.1 Å². The van der Waals surface area contributed by atoms with Crippen LogP contribution in [0.1, 0.15) is 11.1 Å². The highest BCUT2D eigenvalue weighted by Crippen LogP contribution is 2.26. The highest BCUT2D eigenvalue weighted by molar-refractivity contribution is 6.31. The fourth-order valence-electron chi connectivity index (χ4n) is 2.58. The number of hydrogen-bond donors (Lipinski definition) is 2. The number of nitrogens with one attached hydrogen (secondary N) is 2. The quantitative estimate of drug-likeness (QED) is 0.749. The largest absolute Gasteiger partial charge is 0.495 e. The molecule has 0 saturated carbocycles. The molecule has 2 aromatic carbocycles. The molecule has 0 saturated heterocycles. The number of carbonyl (C=O) groups is 1. The molecule has 5 heteroatoms. The standard InChI is InChI=1S/C18H17ClN2O2/c1-11-3-6-17(23-2)16(7-11)21-18(22)8-12-10-20-15-5-4-13(19)9-14(12)15/h3-7,9-10,20H,8H2,1-2H3,(H,21,22). The third-order valence-corrected chi connectivity index (χ3v) is 3.94. The second-order valence-electron chi connectivity index (χ2n) is 5.43. The van der Waals surface area contributed by atoms with Crippen LogP contribution in [-0.4, -0.2) is 18.0 Å². The average molecular weight is 329 g/mol. The zero-order chi connectivity index (χ0) is 16.4. The van der Waals surface area contributed by atoms with E-state index in [9.17, 15) is 4.79 Å². The number of carbonyl (C=O) groups excluding carboxylic acids is 1. The summed E-state index contributed by atoms with van der Waals surface area (Å²) in [7, 11) is 1.59. The highest BCUT2D eigenvalue weighted by Gasteiger charge is 2.12. The smallest absolute Gasteiger partial charge is 0.228 e. The number of aromatic nitrogens is 1. The van der Waals surface area contributed by atoms with Gasteiger partial charge in [-0.2, -0.15) is 0 Å². The Kier molecular flexibility index (Phi) is 4.26. The Morgan fingerprint density at radius 3 is 2.87 bits per heavy atom. The van der Waals surface area contributed by atoms with Crippen molar-refractivity contribution in [3.05, 3.63) is 58.7 Å². The maximum absolute atomic E-state index is 12.4. The minimum atomic E-state index is -0.102. The lowest BCUT2D eigenvalue weighted by Gasteiger charge is -2.11. The number of aryl methyl sites for hydroxylation is 1. The molecule has 0 aliphatic rings. The van der Waals surface area contributed by atoms with Crippen molar-refractivity contribution >= 4 is 34.1 Å². The molecule has 1 heterocycles. The SMILES string of the molecule is COc1ccc(C)cc1NC(=O)Cc1c[nH]c2ccc(Cl)cc12. The van der Waals surface area contributed by atoms with Gasteiger partial charge < -0.3 is 15.0 Å². The van der Waals surface area contributed by atoms with Crippen molar-refractivity contribution in [2.45, 2.75) is 13.3 Å². The van der Waals surface area contributed by atoms with Crippen LogP contribution in [0.4, 0.5) is 5.69 Å². The summed E-state index contributed by atoms with van der Waals surface area (Å²) in [6, 6.07) is 11.3. The van der Waals surface area contributed by atoms with Crippen molar-refractivity contribution in [1.82, 2.24) is 4.98 Å². The van der Waals surface area contributed by atoms with Crippen LogP contribution in [0.5, 0.6) is 5.75 Å². The lowest BCUT2D eigenvalue weighted by Crippen LogP contribution is -2.15. The van der Waals surface area contributed by atoms with Gasteiger partial charge in [0.25, 0.3) is 0 Å².